The van der Waals surface area contributed by atoms with Gasteiger partial charge in [0.1, 0.15) is 0 Å². The summed E-state index contributed by atoms with van der Waals surface area (Å²) >= 11 is 0. The highest BCUT2D eigenvalue weighted by molar-refractivity contribution is 4.98. The Labute approximate surface area is 116 Å². The van der Waals surface area contributed by atoms with E-state index in [1.807, 2.05) is 0 Å². The molecule has 1 saturated carbocycles. The van der Waals surface area contributed by atoms with E-state index < -0.39 is 0 Å². The number of aromatic nitrogens is 2. The van der Waals surface area contributed by atoms with Crippen molar-refractivity contribution in [2.24, 2.45) is 5.92 Å². The highest BCUT2D eigenvalue weighted by Crippen LogP contribution is 2.34. The van der Waals surface area contributed by atoms with Gasteiger partial charge in [-0.25, -0.2) is 0 Å². The van der Waals surface area contributed by atoms with Crippen molar-refractivity contribution in [1.29, 1.82) is 0 Å². The lowest BCUT2D eigenvalue weighted by molar-refractivity contribution is 0.318. The van der Waals surface area contributed by atoms with E-state index in [1.54, 1.807) is 0 Å². The van der Waals surface area contributed by atoms with Gasteiger partial charge in [0.25, 0.3) is 0 Å². The molecule has 1 heterocycles. The van der Waals surface area contributed by atoms with Gasteiger partial charge >= 0.3 is 0 Å². The summed E-state index contributed by atoms with van der Waals surface area (Å²) in [5.74, 6) is 3.07. The first-order chi connectivity index (χ1) is 9.19. The van der Waals surface area contributed by atoms with Crippen LogP contribution in [0.4, 0.5) is 0 Å². The number of hydrogen-bond acceptors (Lipinski definition) is 4. The molecule has 0 aromatic carbocycles. The van der Waals surface area contributed by atoms with Crippen LogP contribution in [0.2, 0.25) is 0 Å². The number of nitrogens with zero attached hydrogens (tertiary/aromatic N) is 2. The van der Waals surface area contributed by atoms with Gasteiger partial charge in [-0.3, -0.25) is 0 Å². The normalized spacial score (nSPS) is 25.4. The van der Waals surface area contributed by atoms with Gasteiger partial charge in [-0.1, -0.05) is 31.8 Å². The summed E-state index contributed by atoms with van der Waals surface area (Å²) in [5, 5.41) is 7.59. The van der Waals surface area contributed by atoms with E-state index in [1.165, 1.54) is 25.7 Å². The van der Waals surface area contributed by atoms with Gasteiger partial charge in [0.2, 0.25) is 5.89 Å². The van der Waals surface area contributed by atoms with Crippen LogP contribution in [0.15, 0.2) is 4.52 Å². The molecule has 3 atom stereocenters. The molecular weight excluding hydrogens is 238 g/mol. The van der Waals surface area contributed by atoms with E-state index in [0.717, 1.165) is 37.0 Å². The van der Waals surface area contributed by atoms with Gasteiger partial charge in [-0.2, -0.15) is 4.98 Å². The van der Waals surface area contributed by atoms with Crippen LogP contribution in [-0.2, 0) is 6.42 Å². The Hall–Kier alpha value is -0.900. The Kier molecular flexibility index (Phi) is 5.37. The third kappa shape index (κ3) is 4.30. The molecular formula is C15H27N3O. The second kappa shape index (κ2) is 7.04. The molecule has 0 aliphatic heterocycles. The van der Waals surface area contributed by atoms with E-state index in [2.05, 4.69) is 36.2 Å². The Morgan fingerprint density at radius 2 is 2.26 bits per heavy atom. The minimum atomic E-state index is 0.509. The fraction of sp³-hybridized carbons (Fsp3) is 0.867. The molecule has 4 heteroatoms. The minimum absolute atomic E-state index is 0.509. The molecule has 1 aliphatic rings. The molecule has 0 radical (unpaired) electrons. The van der Waals surface area contributed by atoms with Crippen LogP contribution < -0.4 is 5.32 Å². The van der Waals surface area contributed by atoms with Crippen LogP contribution in [-0.4, -0.2) is 22.7 Å². The molecule has 108 valence electrons. The summed E-state index contributed by atoms with van der Waals surface area (Å²) in [4.78, 5) is 4.59. The maximum absolute atomic E-state index is 5.39. The molecule has 1 aromatic rings. The standard InChI is InChI=1S/C15H27N3O/c1-4-16-12(3)8-9-14-17-15(18-19-14)13-7-5-6-11(2)10-13/h11-13,16H,4-10H2,1-3H3. The molecule has 1 aliphatic carbocycles. The lowest BCUT2D eigenvalue weighted by Crippen LogP contribution is -2.25. The zero-order valence-corrected chi connectivity index (χ0v) is 12.5. The van der Waals surface area contributed by atoms with E-state index >= 15 is 0 Å². The molecule has 4 nitrogen and oxygen atoms in total. The topological polar surface area (TPSA) is 51.0 Å². The first kappa shape index (κ1) is 14.5. The lowest BCUT2D eigenvalue weighted by atomic mass is 9.82. The van der Waals surface area contributed by atoms with E-state index in [-0.39, 0.29) is 0 Å². The highest BCUT2D eigenvalue weighted by Gasteiger charge is 2.24. The van der Waals surface area contributed by atoms with Crippen LogP contribution in [0, 0.1) is 5.92 Å². The maximum atomic E-state index is 5.39. The Bertz CT molecular complexity index is 377. The average molecular weight is 265 g/mol. The van der Waals surface area contributed by atoms with Gasteiger partial charge in [0, 0.05) is 18.4 Å². The van der Waals surface area contributed by atoms with Crippen molar-refractivity contribution in [3.8, 4) is 0 Å². The van der Waals surface area contributed by atoms with Crippen LogP contribution >= 0.6 is 0 Å². The molecule has 3 unspecified atom stereocenters. The second-order valence-electron chi connectivity index (χ2n) is 6.01. The summed E-state index contributed by atoms with van der Waals surface area (Å²) in [6.07, 6.45) is 7.01. The number of rotatable bonds is 6. The molecule has 1 fully saturated rings. The Balaban J connectivity index is 1.84. The van der Waals surface area contributed by atoms with Crippen molar-refractivity contribution < 1.29 is 4.52 Å². The van der Waals surface area contributed by atoms with Gasteiger partial charge in [0.15, 0.2) is 5.82 Å². The van der Waals surface area contributed by atoms with E-state index in [0.29, 0.717) is 12.0 Å². The molecule has 0 amide bonds. The molecule has 0 spiro atoms. The van der Waals surface area contributed by atoms with Crippen molar-refractivity contribution in [1.82, 2.24) is 15.5 Å². The average Bonchev–Trinajstić information content (AvgIpc) is 2.85. The first-order valence-electron chi connectivity index (χ1n) is 7.75. The molecule has 19 heavy (non-hydrogen) atoms. The molecule has 1 aromatic heterocycles. The number of nitrogens with one attached hydrogen (secondary N) is 1. The van der Waals surface area contributed by atoms with Crippen molar-refractivity contribution in [2.75, 3.05) is 6.54 Å². The quantitative estimate of drug-likeness (QED) is 0.857. The molecule has 0 saturated heterocycles. The third-order valence-corrected chi connectivity index (χ3v) is 4.13. The molecule has 0 bridgehead atoms. The van der Waals surface area contributed by atoms with Crippen LogP contribution in [0.3, 0.4) is 0 Å². The number of aryl methyl sites for hydroxylation is 1. The van der Waals surface area contributed by atoms with E-state index in [9.17, 15) is 0 Å². The summed E-state index contributed by atoms with van der Waals surface area (Å²) in [7, 11) is 0. The Morgan fingerprint density at radius 1 is 1.42 bits per heavy atom. The summed E-state index contributed by atoms with van der Waals surface area (Å²) < 4.78 is 5.39. The first-order valence-corrected chi connectivity index (χ1v) is 7.75. The maximum Gasteiger partial charge on any atom is 0.226 e. The minimum Gasteiger partial charge on any atom is -0.339 e. The highest BCUT2D eigenvalue weighted by atomic mass is 16.5. The summed E-state index contributed by atoms with van der Waals surface area (Å²) in [6.45, 7) is 7.66. The molecule has 1 N–H and O–H groups in total. The predicted molar refractivity (Wildman–Crippen MR) is 76.1 cm³/mol. The SMILES string of the molecule is CCNC(C)CCc1nc(C2CCCC(C)C2)no1. The smallest absolute Gasteiger partial charge is 0.226 e. The Morgan fingerprint density at radius 3 is 3.00 bits per heavy atom. The van der Waals surface area contributed by atoms with Crippen molar-refractivity contribution >= 4 is 0 Å². The third-order valence-electron chi connectivity index (χ3n) is 4.13. The van der Waals surface area contributed by atoms with Gasteiger partial charge in [-0.15, -0.1) is 0 Å². The van der Waals surface area contributed by atoms with Gasteiger partial charge in [-0.05, 0) is 38.6 Å². The zero-order valence-electron chi connectivity index (χ0n) is 12.5. The van der Waals surface area contributed by atoms with Crippen LogP contribution in [0.25, 0.3) is 0 Å². The van der Waals surface area contributed by atoms with Crippen LogP contribution in [0.1, 0.15) is 70.5 Å². The second-order valence-corrected chi connectivity index (χ2v) is 6.01. The zero-order chi connectivity index (χ0) is 13.7. The van der Waals surface area contributed by atoms with Crippen LogP contribution in [0.5, 0.6) is 0 Å². The lowest BCUT2D eigenvalue weighted by Gasteiger charge is -2.23. The largest absolute Gasteiger partial charge is 0.339 e. The van der Waals surface area contributed by atoms with Gasteiger partial charge in [0.05, 0.1) is 0 Å². The number of hydrogen-bond donors (Lipinski definition) is 1. The summed E-state index contributed by atoms with van der Waals surface area (Å²) in [5.41, 5.74) is 0. The van der Waals surface area contributed by atoms with Crippen molar-refractivity contribution in [3.05, 3.63) is 11.7 Å². The van der Waals surface area contributed by atoms with Crippen molar-refractivity contribution in [3.63, 3.8) is 0 Å². The monoisotopic (exact) mass is 265 g/mol. The fourth-order valence-electron chi connectivity index (χ4n) is 2.99. The van der Waals surface area contributed by atoms with Gasteiger partial charge < -0.3 is 9.84 Å². The molecule has 2 rings (SSSR count). The van der Waals surface area contributed by atoms with E-state index in [4.69, 9.17) is 4.52 Å². The van der Waals surface area contributed by atoms with Crippen molar-refractivity contribution in [2.45, 2.75) is 71.3 Å². The summed E-state index contributed by atoms with van der Waals surface area (Å²) in [6, 6.07) is 0.509. The fourth-order valence-corrected chi connectivity index (χ4v) is 2.99. The predicted octanol–water partition coefficient (Wildman–Crippen LogP) is 3.29.